The summed E-state index contributed by atoms with van der Waals surface area (Å²) in [7, 11) is -2.11. The second-order valence-corrected chi connectivity index (χ2v) is 8.27. The molecule has 27 heavy (non-hydrogen) atoms. The van der Waals surface area contributed by atoms with E-state index < -0.39 is 27.7 Å². The molecule has 1 saturated heterocycles. The maximum absolute atomic E-state index is 13.6. The number of hydrogen-bond acceptors (Lipinski definition) is 4. The van der Waals surface area contributed by atoms with Gasteiger partial charge in [-0.15, -0.1) is 12.4 Å². The Morgan fingerprint density at radius 2 is 1.96 bits per heavy atom. The summed E-state index contributed by atoms with van der Waals surface area (Å²) < 4.78 is 57.0. The molecule has 2 atom stereocenters. The summed E-state index contributed by atoms with van der Waals surface area (Å²) in [6.07, 6.45) is 0.614. The van der Waals surface area contributed by atoms with Gasteiger partial charge in [-0.2, -0.15) is 5.10 Å². The fourth-order valence-electron chi connectivity index (χ4n) is 3.53. The van der Waals surface area contributed by atoms with Gasteiger partial charge in [0, 0.05) is 25.6 Å². The number of aryl methyl sites for hydroxylation is 2. The summed E-state index contributed by atoms with van der Waals surface area (Å²) >= 11 is 0. The van der Waals surface area contributed by atoms with E-state index in [0.717, 1.165) is 12.1 Å². The molecule has 0 spiro atoms. The minimum Gasteiger partial charge on any atom is -0.315 e. The third-order valence-corrected chi connectivity index (χ3v) is 6.61. The predicted molar refractivity (Wildman–Crippen MR) is 101 cm³/mol. The molecule has 2 aromatic rings. The van der Waals surface area contributed by atoms with E-state index >= 15 is 0 Å². The summed E-state index contributed by atoms with van der Waals surface area (Å²) in [6.45, 7) is 4.42. The molecule has 150 valence electrons. The van der Waals surface area contributed by atoms with Crippen molar-refractivity contribution in [3.63, 3.8) is 0 Å². The number of rotatable bonds is 4. The van der Waals surface area contributed by atoms with Crippen molar-refractivity contribution in [1.82, 2.24) is 19.8 Å². The molecule has 1 fully saturated rings. The first kappa shape index (κ1) is 21.7. The maximum atomic E-state index is 13.6. The van der Waals surface area contributed by atoms with E-state index in [1.165, 1.54) is 10.7 Å². The minimum absolute atomic E-state index is 0. The maximum Gasteiger partial charge on any atom is 0.244 e. The number of aromatic nitrogens is 2. The van der Waals surface area contributed by atoms with Gasteiger partial charge < -0.3 is 5.32 Å². The van der Waals surface area contributed by atoms with Crippen molar-refractivity contribution in [3.05, 3.63) is 46.8 Å². The van der Waals surface area contributed by atoms with Crippen LogP contribution in [0.25, 0.3) is 0 Å². The molecule has 0 radical (unpaired) electrons. The predicted octanol–water partition coefficient (Wildman–Crippen LogP) is 2.16. The molecular weight excluding hydrogens is 398 g/mol. The number of benzene rings is 1. The van der Waals surface area contributed by atoms with E-state index in [1.807, 2.05) is 0 Å². The minimum atomic E-state index is -3.80. The van der Waals surface area contributed by atoms with E-state index in [-0.39, 0.29) is 23.2 Å². The van der Waals surface area contributed by atoms with Crippen LogP contribution in [0.15, 0.2) is 23.1 Å². The number of sulfonamides is 1. The van der Waals surface area contributed by atoms with Crippen LogP contribution in [-0.4, -0.2) is 37.3 Å². The van der Waals surface area contributed by atoms with Crippen LogP contribution in [0.2, 0.25) is 0 Å². The Labute approximate surface area is 163 Å². The van der Waals surface area contributed by atoms with Crippen LogP contribution in [0.1, 0.15) is 29.3 Å². The molecule has 3 rings (SSSR count). The highest BCUT2D eigenvalue weighted by atomic mass is 35.5. The van der Waals surface area contributed by atoms with Crippen molar-refractivity contribution in [2.24, 2.45) is 7.05 Å². The summed E-state index contributed by atoms with van der Waals surface area (Å²) in [4.78, 5) is 0.162. The largest absolute Gasteiger partial charge is 0.315 e. The van der Waals surface area contributed by atoms with Crippen molar-refractivity contribution in [2.75, 3.05) is 13.1 Å². The van der Waals surface area contributed by atoms with Gasteiger partial charge in [-0.25, -0.2) is 21.9 Å². The molecule has 1 aliphatic heterocycles. The van der Waals surface area contributed by atoms with Crippen LogP contribution in [0.5, 0.6) is 0 Å². The standard InChI is InChI=1S/C17H22F2N4O2S.ClH/c1-10-17(11(2)23(3)21-10)26(24,25)22-16-9-20-7-6-13(16)12-4-5-14(18)15(19)8-12;/h4-5,8,13,16,20,22H,6-7,9H2,1-3H3;1H. The van der Waals surface area contributed by atoms with E-state index in [9.17, 15) is 17.2 Å². The number of halogens is 3. The van der Waals surface area contributed by atoms with Gasteiger partial charge in [0.15, 0.2) is 11.6 Å². The number of piperidine rings is 1. The van der Waals surface area contributed by atoms with Crippen LogP contribution in [-0.2, 0) is 17.1 Å². The third-order valence-electron chi connectivity index (χ3n) is 4.87. The highest BCUT2D eigenvalue weighted by Crippen LogP contribution is 2.29. The Balaban J connectivity index is 0.00000261. The van der Waals surface area contributed by atoms with Crippen molar-refractivity contribution in [1.29, 1.82) is 0 Å². The first-order chi connectivity index (χ1) is 12.2. The zero-order chi connectivity index (χ0) is 19.1. The van der Waals surface area contributed by atoms with Crippen LogP contribution in [0.3, 0.4) is 0 Å². The van der Waals surface area contributed by atoms with Gasteiger partial charge in [0.25, 0.3) is 0 Å². The summed E-state index contributed by atoms with van der Waals surface area (Å²) in [5, 5.41) is 7.31. The van der Waals surface area contributed by atoms with Gasteiger partial charge in [-0.05, 0) is 44.5 Å². The lowest BCUT2D eigenvalue weighted by Crippen LogP contribution is -2.50. The van der Waals surface area contributed by atoms with Crippen molar-refractivity contribution < 1.29 is 17.2 Å². The molecule has 0 bridgehead atoms. The van der Waals surface area contributed by atoms with Crippen LogP contribution < -0.4 is 10.0 Å². The first-order valence-electron chi connectivity index (χ1n) is 8.39. The second kappa shape index (κ2) is 8.22. The van der Waals surface area contributed by atoms with Crippen LogP contribution in [0, 0.1) is 25.5 Å². The number of hydrogen-bond donors (Lipinski definition) is 2. The lowest BCUT2D eigenvalue weighted by atomic mass is 9.86. The topological polar surface area (TPSA) is 76.0 Å². The van der Waals surface area contributed by atoms with Crippen molar-refractivity contribution in [3.8, 4) is 0 Å². The molecule has 2 N–H and O–H groups in total. The lowest BCUT2D eigenvalue weighted by Gasteiger charge is -2.33. The molecule has 0 amide bonds. The van der Waals surface area contributed by atoms with Gasteiger partial charge in [0.05, 0.1) is 11.4 Å². The third kappa shape index (κ3) is 4.31. The normalized spacial score (nSPS) is 20.3. The fraction of sp³-hybridized carbons (Fsp3) is 0.471. The molecule has 0 saturated carbocycles. The first-order valence-corrected chi connectivity index (χ1v) is 9.87. The average molecular weight is 421 g/mol. The van der Waals surface area contributed by atoms with Gasteiger partial charge >= 0.3 is 0 Å². The van der Waals surface area contributed by atoms with Gasteiger partial charge in [0.2, 0.25) is 10.0 Å². The second-order valence-electron chi connectivity index (χ2n) is 6.62. The highest BCUT2D eigenvalue weighted by Gasteiger charge is 2.33. The highest BCUT2D eigenvalue weighted by molar-refractivity contribution is 7.89. The number of nitrogens with zero attached hydrogens (tertiary/aromatic N) is 2. The molecule has 6 nitrogen and oxygen atoms in total. The molecule has 10 heteroatoms. The Morgan fingerprint density at radius 1 is 1.26 bits per heavy atom. The van der Waals surface area contributed by atoms with Crippen molar-refractivity contribution >= 4 is 22.4 Å². The molecule has 0 aliphatic carbocycles. The molecule has 1 aliphatic rings. The lowest BCUT2D eigenvalue weighted by molar-refractivity contribution is 0.376. The zero-order valence-corrected chi connectivity index (χ0v) is 16.9. The van der Waals surface area contributed by atoms with Gasteiger partial charge in [-0.1, -0.05) is 6.07 Å². The Hall–Kier alpha value is -1.55. The van der Waals surface area contributed by atoms with Crippen LogP contribution >= 0.6 is 12.4 Å². The summed E-state index contributed by atoms with van der Waals surface area (Å²) in [5.74, 6) is -2.10. The molecular formula is C17H23ClF2N4O2S. The molecule has 1 aromatic heterocycles. The summed E-state index contributed by atoms with van der Waals surface area (Å²) in [5.41, 5.74) is 1.55. The quantitative estimate of drug-likeness (QED) is 0.794. The van der Waals surface area contributed by atoms with E-state index in [2.05, 4.69) is 15.1 Å². The molecule has 1 aromatic carbocycles. The smallest absolute Gasteiger partial charge is 0.244 e. The monoisotopic (exact) mass is 420 g/mol. The fourth-order valence-corrected chi connectivity index (χ4v) is 5.24. The van der Waals surface area contributed by atoms with E-state index in [1.54, 1.807) is 20.9 Å². The van der Waals surface area contributed by atoms with Crippen molar-refractivity contribution in [2.45, 2.75) is 37.1 Å². The average Bonchev–Trinajstić information content (AvgIpc) is 2.83. The Morgan fingerprint density at radius 3 is 2.56 bits per heavy atom. The van der Waals surface area contributed by atoms with E-state index in [0.29, 0.717) is 36.5 Å². The number of nitrogens with one attached hydrogen (secondary N) is 2. The van der Waals surface area contributed by atoms with Gasteiger partial charge in [-0.3, -0.25) is 4.68 Å². The zero-order valence-electron chi connectivity index (χ0n) is 15.3. The molecule has 2 heterocycles. The van der Waals surface area contributed by atoms with E-state index in [4.69, 9.17) is 0 Å². The Kier molecular flexibility index (Phi) is 6.62. The van der Waals surface area contributed by atoms with Crippen LogP contribution in [0.4, 0.5) is 8.78 Å². The summed E-state index contributed by atoms with van der Waals surface area (Å²) in [6, 6.07) is 3.26. The Bertz CT molecular complexity index is 933. The van der Waals surface area contributed by atoms with Gasteiger partial charge in [0.1, 0.15) is 4.90 Å². The SMILES string of the molecule is Cc1nn(C)c(C)c1S(=O)(=O)NC1CNCCC1c1ccc(F)c(F)c1.Cl. The molecule has 2 unspecified atom stereocenters.